The number of hydrogen-bond acceptors (Lipinski definition) is 5. The Morgan fingerprint density at radius 3 is 2.33 bits per heavy atom. The molecule has 8 heteroatoms. The van der Waals surface area contributed by atoms with Crippen molar-refractivity contribution in [2.75, 3.05) is 5.75 Å². The van der Waals surface area contributed by atoms with Gasteiger partial charge in [0.05, 0.1) is 10.7 Å². The SMILES string of the molecule is CC[C@@H](C)NC(=O)[C@H](CC)N(Cc1ccccc1C)C(=O)CSCc1ccc([N+](=O)[O-])cc1. The molecule has 0 aromatic heterocycles. The molecule has 0 aliphatic heterocycles. The van der Waals surface area contributed by atoms with Crippen molar-refractivity contribution in [2.45, 2.75) is 64.9 Å². The van der Waals surface area contributed by atoms with Crippen LogP contribution in [0.1, 0.15) is 50.3 Å². The van der Waals surface area contributed by atoms with Gasteiger partial charge in [0.15, 0.2) is 0 Å². The summed E-state index contributed by atoms with van der Waals surface area (Å²) in [4.78, 5) is 38.3. The van der Waals surface area contributed by atoms with Gasteiger partial charge in [-0.25, -0.2) is 0 Å². The average molecular weight is 472 g/mol. The maximum Gasteiger partial charge on any atom is 0.269 e. The molecule has 0 radical (unpaired) electrons. The minimum Gasteiger partial charge on any atom is -0.352 e. The molecule has 0 saturated heterocycles. The Labute approximate surface area is 200 Å². The molecule has 2 atom stereocenters. The lowest BCUT2D eigenvalue weighted by atomic mass is 10.1. The molecule has 0 saturated carbocycles. The quantitative estimate of drug-likeness (QED) is 0.353. The summed E-state index contributed by atoms with van der Waals surface area (Å²) in [5.74, 6) is 0.541. The fourth-order valence-corrected chi connectivity index (χ4v) is 4.26. The Hall–Kier alpha value is -2.87. The molecule has 2 amide bonds. The molecule has 2 rings (SSSR count). The zero-order chi connectivity index (χ0) is 24.4. The van der Waals surface area contributed by atoms with Crippen LogP contribution in [0.2, 0.25) is 0 Å². The van der Waals surface area contributed by atoms with E-state index in [1.54, 1.807) is 17.0 Å². The van der Waals surface area contributed by atoms with Crippen LogP contribution in [-0.4, -0.2) is 39.5 Å². The largest absolute Gasteiger partial charge is 0.352 e. The van der Waals surface area contributed by atoms with Crippen molar-refractivity contribution in [1.29, 1.82) is 0 Å². The van der Waals surface area contributed by atoms with E-state index >= 15 is 0 Å². The summed E-state index contributed by atoms with van der Waals surface area (Å²) in [7, 11) is 0. The van der Waals surface area contributed by atoms with Crippen molar-refractivity contribution in [2.24, 2.45) is 0 Å². The second-order valence-corrected chi connectivity index (χ2v) is 9.09. The fourth-order valence-electron chi connectivity index (χ4n) is 3.38. The van der Waals surface area contributed by atoms with E-state index in [1.807, 2.05) is 52.0 Å². The third-order valence-corrected chi connectivity index (χ3v) is 6.62. The van der Waals surface area contributed by atoms with E-state index in [4.69, 9.17) is 0 Å². The van der Waals surface area contributed by atoms with E-state index in [9.17, 15) is 19.7 Å². The number of nitro groups is 1. The number of nitro benzene ring substituents is 1. The van der Waals surface area contributed by atoms with Crippen LogP contribution in [-0.2, 0) is 21.9 Å². The molecule has 0 fully saturated rings. The van der Waals surface area contributed by atoms with Gasteiger partial charge >= 0.3 is 0 Å². The summed E-state index contributed by atoms with van der Waals surface area (Å²) < 4.78 is 0. The monoisotopic (exact) mass is 471 g/mol. The van der Waals surface area contributed by atoms with Gasteiger partial charge in [0.1, 0.15) is 6.04 Å². The number of hydrogen-bond donors (Lipinski definition) is 1. The van der Waals surface area contributed by atoms with Gasteiger partial charge in [0.2, 0.25) is 11.8 Å². The fraction of sp³-hybridized carbons (Fsp3) is 0.440. The maximum absolute atomic E-state index is 13.3. The van der Waals surface area contributed by atoms with Crippen molar-refractivity contribution in [3.63, 3.8) is 0 Å². The number of rotatable bonds is 12. The van der Waals surface area contributed by atoms with Crippen LogP contribution < -0.4 is 5.32 Å². The molecule has 2 aromatic carbocycles. The van der Waals surface area contributed by atoms with Crippen LogP contribution in [0.15, 0.2) is 48.5 Å². The number of aryl methyl sites for hydroxylation is 1. The summed E-state index contributed by atoms with van der Waals surface area (Å²) >= 11 is 1.44. The Balaban J connectivity index is 2.13. The normalized spacial score (nSPS) is 12.6. The second-order valence-electron chi connectivity index (χ2n) is 8.11. The van der Waals surface area contributed by atoms with Crippen molar-refractivity contribution in [3.05, 3.63) is 75.3 Å². The first-order valence-electron chi connectivity index (χ1n) is 11.2. The van der Waals surface area contributed by atoms with Crippen molar-refractivity contribution in [1.82, 2.24) is 10.2 Å². The molecule has 2 aromatic rings. The Morgan fingerprint density at radius 2 is 1.76 bits per heavy atom. The van der Waals surface area contributed by atoms with E-state index in [0.717, 1.165) is 23.1 Å². The third-order valence-electron chi connectivity index (χ3n) is 5.63. The highest BCUT2D eigenvalue weighted by Crippen LogP contribution is 2.20. The molecule has 0 heterocycles. The molecule has 0 aliphatic carbocycles. The minimum atomic E-state index is -0.550. The molecule has 0 aliphatic rings. The first kappa shape index (κ1) is 26.4. The highest BCUT2D eigenvalue weighted by atomic mass is 32.2. The molecule has 0 unspecified atom stereocenters. The molecule has 1 N–H and O–H groups in total. The van der Waals surface area contributed by atoms with E-state index in [1.165, 1.54) is 23.9 Å². The molecule has 7 nitrogen and oxygen atoms in total. The van der Waals surface area contributed by atoms with Crippen LogP contribution >= 0.6 is 11.8 Å². The van der Waals surface area contributed by atoms with Crippen molar-refractivity contribution >= 4 is 29.3 Å². The number of thioether (sulfide) groups is 1. The number of non-ortho nitro benzene ring substituents is 1. The number of carbonyl (C=O) groups excluding carboxylic acids is 2. The highest BCUT2D eigenvalue weighted by Gasteiger charge is 2.29. The summed E-state index contributed by atoms with van der Waals surface area (Å²) in [6, 6.07) is 13.7. The molecular formula is C25H33N3O4S. The minimum absolute atomic E-state index is 0.0403. The maximum atomic E-state index is 13.3. The second kappa shape index (κ2) is 13.0. The average Bonchev–Trinajstić information content (AvgIpc) is 2.80. The number of benzene rings is 2. The molecule has 0 bridgehead atoms. The van der Waals surface area contributed by atoms with Gasteiger partial charge in [-0.3, -0.25) is 19.7 Å². The van der Waals surface area contributed by atoms with E-state index < -0.39 is 11.0 Å². The van der Waals surface area contributed by atoms with Gasteiger partial charge in [-0.2, -0.15) is 0 Å². The van der Waals surface area contributed by atoms with Gasteiger partial charge in [0, 0.05) is 30.5 Å². The van der Waals surface area contributed by atoms with Gasteiger partial charge in [-0.15, -0.1) is 11.8 Å². The van der Waals surface area contributed by atoms with Gasteiger partial charge in [-0.05, 0) is 43.4 Å². The molecule has 0 spiro atoms. The number of nitrogens with one attached hydrogen (secondary N) is 1. The number of amides is 2. The van der Waals surface area contributed by atoms with Gasteiger partial charge in [-0.1, -0.05) is 50.2 Å². The van der Waals surface area contributed by atoms with E-state index in [2.05, 4.69) is 5.32 Å². The van der Waals surface area contributed by atoms with Gasteiger partial charge in [0.25, 0.3) is 5.69 Å². The number of nitrogens with zero attached hydrogens (tertiary/aromatic N) is 2. The lowest BCUT2D eigenvalue weighted by molar-refractivity contribution is -0.384. The Bertz CT molecular complexity index is 949. The predicted octanol–water partition coefficient (Wildman–Crippen LogP) is 4.86. The lowest BCUT2D eigenvalue weighted by Crippen LogP contribution is -2.51. The smallest absolute Gasteiger partial charge is 0.269 e. The van der Waals surface area contributed by atoms with E-state index in [-0.39, 0.29) is 29.3 Å². The van der Waals surface area contributed by atoms with Gasteiger partial charge < -0.3 is 10.2 Å². The van der Waals surface area contributed by atoms with Crippen LogP contribution in [0, 0.1) is 17.0 Å². The lowest BCUT2D eigenvalue weighted by Gasteiger charge is -2.32. The van der Waals surface area contributed by atoms with Crippen LogP contribution in [0.4, 0.5) is 5.69 Å². The van der Waals surface area contributed by atoms with Crippen molar-refractivity contribution in [3.8, 4) is 0 Å². The summed E-state index contributed by atoms with van der Waals surface area (Å²) in [5, 5.41) is 13.8. The summed E-state index contributed by atoms with van der Waals surface area (Å²) in [5.41, 5.74) is 3.04. The first-order valence-corrected chi connectivity index (χ1v) is 12.4. The predicted molar refractivity (Wildman–Crippen MR) is 133 cm³/mol. The highest BCUT2D eigenvalue weighted by molar-refractivity contribution is 7.99. The standard InChI is InChI=1S/C25H33N3O4S/c1-5-19(4)26-25(30)23(6-2)27(15-21-10-8-7-9-18(21)3)24(29)17-33-16-20-11-13-22(14-12-20)28(31)32/h7-14,19,23H,5-6,15-17H2,1-4H3,(H,26,30)/t19-,23+/m1/s1. The topological polar surface area (TPSA) is 92.6 Å². The first-order chi connectivity index (χ1) is 15.8. The van der Waals surface area contributed by atoms with Crippen LogP contribution in [0.3, 0.4) is 0 Å². The Kier molecular flexibility index (Phi) is 10.4. The third kappa shape index (κ3) is 7.89. The zero-order valence-electron chi connectivity index (χ0n) is 19.7. The summed E-state index contributed by atoms with van der Waals surface area (Å²) in [6.45, 7) is 8.26. The van der Waals surface area contributed by atoms with Crippen molar-refractivity contribution < 1.29 is 14.5 Å². The molecular weight excluding hydrogens is 438 g/mol. The van der Waals surface area contributed by atoms with E-state index in [0.29, 0.717) is 18.7 Å². The number of carbonyl (C=O) groups is 2. The Morgan fingerprint density at radius 1 is 1.09 bits per heavy atom. The summed E-state index contributed by atoms with van der Waals surface area (Å²) in [6.07, 6.45) is 1.34. The molecule has 33 heavy (non-hydrogen) atoms. The van der Waals surface area contributed by atoms with Crippen LogP contribution in [0.5, 0.6) is 0 Å². The zero-order valence-corrected chi connectivity index (χ0v) is 20.6. The van der Waals surface area contributed by atoms with Crippen LogP contribution in [0.25, 0.3) is 0 Å². The molecule has 178 valence electrons.